The minimum absolute atomic E-state index is 0.0587. The number of carbonyl (C=O) groups excluding carboxylic acids is 4. The third-order valence-electron chi connectivity index (χ3n) is 5.28. The molecule has 2 aliphatic heterocycles. The Morgan fingerprint density at radius 1 is 1.15 bits per heavy atom. The SMILES string of the molecule is CC(OCCOCCNc1cccc2c1C(=O)N(C1CCC(=O)NC1=O)C2=O)OCCC(=O)O. The fraction of sp³-hybridized carbons (Fsp3) is 0.500. The van der Waals surface area contributed by atoms with Crippen LogP contribution in [0.4, 0.5) is 5.69 Å². The zero-order valence-corrected chi connectivity index (χ0v) is 18.7. The number of fused-ring (bicyclic) bond motifs is 1. The normalized spacial score (nSPS) is 18.6. The van der Waals surface area contributed by atoms with Gasteiger partial charge in [-0.2, -0.15) is 0 Å². The third-order valence-corrected chi connectivity index (χ3v) is 5.28. The van der Waals surface area contributed by atoms with Gasteiger partial charge in [-0.1, -0.05) is 6.07 Å². The van der Waals surface area contributed by atoms with Crippen molar-refractivity contribution in [3.05, 3.63) is 29.3 Å². The van der Waals surface area contributed by atoms with E-state index in [-0.39, 0.29) is 50.2 Å². The van der Waals surface area contributed by atoms with E-state index in [1.54, 1.807) is 19.1 Å². The number of ether oxygens (including phenoxy) is 3. The zero-order valence-electron chi connectivity index (χ0n) is 18.7. The van der Waals surface area contributed by atoms with E-state index in [0.717, 1.165) is 4.90 Å². The number of carbonyl (C=O) groups is 5. The van der Waals surface area contributed by atoms with E-state index < -0.39 is 41.9 Å². The summed E-state index contributed by atoms with van der Waals surface area (Å²) in [5.74, 6) is -3.17. The van der Waals surface area contributed by atoms with Crippen LogP contribution in [0.2, 0.25) is 0 Å². The van der Waals surface area contributed by atoms with Gasteiger partial charge in [-0.05, 0) is 25.5 Å². The lowest BCUT2D eigenvalue weighted by atomic mass is 10.0. The van der Waals surface area contributed by atoms with Crippen LogP contribution in [0.3, 0.4) is 0 Å². The van der Waals surface area contributed by atoms with E-state index in [1.807, 2.05) is 0 Å². The first-order chi connectivity index (χ1) is 16.3. The van der Waals surface area contributed by atoms with Gasteiger partial charge in [-0.3, -0.25) is 34.2 Å². The standard InChI is InChI=1S/C22H27N3O9/c1-13(33-9-7-18(27)28)34-12-11-32-10-8-23-15-4-2-3-14-19(15)22(31)25(21(14)30)16-5-6-17(26)24-20(16)29/h2-4,13,16,23H,5-12H2,1H3,(H,27,28)(H,24,26,29). The minimum atomic E-state index is -1.02. The highest BCUT2D eigenvalue weighted by molar-refractivity contribution is 6.25. The summed E-state index contributed by atoms with van der Waals surface area (Å²) in [5, 5.41) is 13.8. The largest absolute Gasteiger partial charge is 0.481 e. The molecule has 4 amide bonds. The quantitative estimate of drug-likeness (QED) is 0.206. The molecule has 2 unspecified atom stereocenters. The van der Waals surface area contributed by atoms with Gasteiger partial charge in [0.15, 0.2) is 6.29 Å². The Balaban J connectivity index is 1.45. The molecule has 2 heterocycles. The first kappa shape index (κ1) is 25.3. The summed E-state index contributed by atoms with van der Waals surface area (Å²) in [4.78, 5) is 60.8. The minimum Gasteiger partial charge on any atom is -0.481 e. The Morgan fingerprint density at radius 2 is 1.91 bits per heavy atom. The second-order valence-electron chi connectivity index (χ2n) is 7.67. The maximum absolute atomic E-state index is 13.0. The molecular weight excluding hydrogens is 450 g/mol. The number of rotatable bonds is 13. The molecule has 1 saturated heterocycles. The van der Waals surface area contributed by atoms with Crippen LogP contribution < -0.4 is 10.6 Å². The first-order valence-electron chi connectivity index (χ1n) is 10.9. The molecule has 2 aliphatic rings. The average Bonchev–Trinajstić information content (AvgIpc) is 3.04. The van der Waals surface area contributed by atoms with E-state index >= 15 is 0 Å². The van der Waals surface area contributed by atoms with Gasteiger partial charge in [0, 0.05) is 18.7 Å². The van der Waals surface area contributed by atoms with E-state index in [9.17, 15) is 24.0 Å². The molecule has 1 aromatic carbocycles. The highest BCUT2D eigenvalue weighted by Crippen LogP contribution is 2.32. The lowest BCUT2D eigenvalue weighted by Crippen LogP contribution is -2.54. The van der Waals surface area contributed by atoms with E-state index in [0.29, 0.717) is 18.8 Å². The summed E-state index contributed by atoms with van der Waals surface area (Å²) in [6.07, 6.45) is -0.497. The number of imide groups is 2. The maximum Gasteiger partial charge on any atom is 0.305 e. The third kappa shape index (κ3) is 6.16. The van der Waals surface area contributed by atoms with Crippen LogP contribution in [-0.4, -0.2) is 84.9 Å². The molecule has 34 heavy (non-hydrogen) atoms. The molecule has 1 aromatic rings. The van der Waals surface area contributed by atoms with Gasteiger partial charge in [0.1, 0.15) is 6.04 Å². The lowest BCUT2D eigenvalue weighted by Gasteiger charge is -2.27. The Labute approximate surface area is 195 Å². The molecular formula is C22H27N3O9. The number of hydrogen-bond acceptors (Lipinski definition) is 9. The Morgan fingerprint density at radius 3 is 2.65 bits per heavy atom. The van der Waals surface area contributed by atoms with Crippen molar-refractivity contribution in [1.82, 2.24) is 10.2 Å². The van der Waals surface area contributed by atoms with Gasteiger partial charge >= 0.3 is 5.97 Å². The molecule has 3 N–H and O–H groups in total. The molecule has 3 rings (SSSR count). The summed E-state index contributed by atoms with van der Waals surface area (Å²) in [7, 11) is 0. The average molecular weight is 477 g/mol. The van der Waals surface area contributed by atoms with E-state index in [1.165, 1.54) is 6.07 Å². The molecule has 0 aliphatic carbocycles. The lowest BCUT2D eigenvalue weighted by molar-refractivity contribution is -0.151. The van der Waals surface area contributed by atoms with E-state index in [2.05, 4.69) is 10.6 Å². The fourth-order valence-corrected chi connectivity index (χ4v) is 3.66. The molecule has 0 radical (unpaired) electrons. The second-order valence-corrected chi connectivity index (χ2v) is 7.67. The Bertz CT molecular complexity index is 965. The number of nitrogens with one attached hydrogen (secondary N) is 2. The monoisotopic (exact) mass is 477 g/mol. The van der Waals surface area contributed by atoms with Crippen molar-refractivity contribution in [2.75, 3.05) is 38.3 Å². The molecule has 12 heteroatoms. The van der Waals surface area contributed by atoms with Crippen molar-refractivity contribution < 1.29 is 43.3 Å². The number of piperidine rings is 1. The van der Waals surface area contributed by atoms with Crippen molar-refractivity contribution >= 4 is 35.3 Å². The van der Waals surface area contributed by atoms with Crippen LogP contribution in [0, 0.1) is 0 Å². The molecule has 12 nitrogen and oxygen atoms in total. The van der Waals surface area contributed by atoms with Gasteiger partial charge in [0.05, 0.1) is 44.0 Å². The van der Waals surface area contributed by atoms with Crippen molar-refractivity contribution in [3.8, 4) is 0 Å². The smallest absolute Gasteiger partial charge is 0.305 e. The van der Waals surface area contributed by atoms with Gasteiger partial charge in [-0.15, -0.1) is 0 Å². The molecule has 0 bridgehead atoms. The Hall–Kier alpha value is -3.35. The van der Waals surface area contributed by atoms with Crippen molar-refractivity contribution in [2.45, 2.75) is 38.5 Å². The zero-order chi connectivity index (χ0) is 24.7. The number of nitrogens with zero attached hydrogens (tertiary/aromatic N) is 1. The summed E-state index contributed by atoms with van der Waals surface area (Å²) >= 11 is 0. The number of hydrogen-bond donors (Lipinski definition) is 3. The van der Waals surface area contributed by atoms with Gasteiger partial charge in [0.2, 0.25) is 11.8 Å². The number of benzene rings is 1. The molecule has 0 saturated carbocycles. The van der Waals surface area contributed by atoms with Crippen LogP contribution >= 0.6 is 0 Å². The summed E-state index contributed by atoms with van der Waals surface area (Å²) in [6.45, 7) is 2.90. The van der Waals surface area contributed by atoms with Crippen LogP contribution in [0.25, 0.3) is 0 Å². The van der Waals surface area contributed by atoms with E-state index in [4.69, 9.17) is 19.3 Å². The molecule has 0 aromatic heterocycles. The number of amides is 4. The molecule has 1 fully saturated rings. The topological polar surface area (TPSA) is 161 Å². The van der Waals surface area contributed by atoms with Crippen molar-refractivity contribution in [1.29, 1.82) is 0 Å². The number of carboxylic acid groups (broad SMARTS) is 1. The van der Waals surface area contributed by atoms with Crippen LogP contribution in [-0.2, 0) is 28.6 Å². The predicted molar refractivity (Wildman–Crippen MR) is 116 cm³/mol. The van der Waals surface area contributed by atoms with Crippen LogP contribution in [0.1, 0.15) is 46.9 Å². The number of anilines is 1. The highest BCUT2D eigenvalue weighted by atomic mass is 16.7. The first-order valence-corrected chi connectivity index (χ1v) is 10.9. The molecule has 0 spiro atoms. The van der Waals surface area contributed by atoms with Crippen LogP contribution in [0.5, 0.6) is 0 Å². The van der Waals surface area contributed by atoms with Crippen LogP contribution in [0.15, 0.2) is 18.2 Å². The van der Waals surface area contributed by atoms with Gasteiger partial charge in [-0.25, -0.2) is 0 Å². The summed E-state index contributed by atoms with van der Waals surface area (Å²) in [6, 6.07) is 3.81. The maximum atomic E-state index is 13.0. The molecule has 184 valence electrons. The number of aliphatic carboxylic acids is 1. The number of carboxylic acids is 1. The predicted octanol–water partition coefficient (Wildman–Crippen LogP) is 0.370. The van der Waals surface area contributed by atoms with Gasteiger partial charge in [0.25, 0.3) is 11.8 Å². The molecule has 2 atom stereocenters. The summed E-state index contributed by atoms with van der Waals surface area (Å²) < 4.78 is 16.0. The van der Waals surface area contributed by atoms with Crippen molar-refractivity contribution in [2.24, 2.45) is 0 Å². The second kappa shape index (κ2) is 11.7. The Kier molecular flexibility index (Phi) is 8.68. The summed E-state index contributed by atoms with van der Waals surface area (Å²) in [5.41, 5.74) is 0.838. The highest BCUT2D eigenvalue weighted by Gasteiger charge is 2.45. The van der Waals surface area contributed by atoms with Crippen molar-refractivity contribution in [3.63, 3.8) is 0 Å². The van der Waals surface area contributed by atoms with Gasteiger partial charge < -0.3 is 24.6 Å². The fourth-order valence-electron chi connectivity index (χ4n) is 3.66.